The molecule has 0 saturated carbocycles. The molecule has 2 rings (SSSR count). The Morgan fingerprint density at radius 2 is 1.77 bits per heavy atom. The van der Waals surface area contributed by atoms with Crippen molar-refractivity contribution in [2.24, 2.45) is 0 Å². The Balaban J connectivity index is 2.22. The van der Waals surface area contributed by atoms with Gasteiger partial charge in [0.25, 0.3) is 0 Å². The lowest BCUT2D eigenvalue weighted by Gasteiger charge is -2.19. The van der Waals surface area contributed by atoms with E-state index in [0.29, 0.717) is 13.1 Å². The van der Waals surface area contributed by atoms with Crippen LogP contribution in [0, 0.1) is 0 Å². The van der Waals surface area contributed by atoms with Crippen molar-refractivity contribution in [3.63, 3.8) is 0 Å². The molecule has 0 saturated heterocycles. The van der Waals surface area contributed by atoms with E-state index in [2.05, 4.69) is 5.32 Å². The van der Waals surface area contributed by atoms with Crippen molar-refractivity contribution in [3.05, 3.63) is 65.2 Å². The normalized spacial score (nSPS) is 11.8. The van der Waals surface area contributed by atoms with Gasteiger partial charge in [-0.1, -0.05) is 55.8 Å². The van der Waals surface area contributed by atoms with Gasteiger partial charge in [-0.05, 0) is 29.8 Å². The molecule has 0 fully saturated rings. The third-order valence-corrected chi connectivity index (χ3v) is 6.14. The van der Waals surface area contributed by atoms with Crippen molar-refractivity contribution >= 4 is 39.3 Å². The molecular weight excluding hydrogens is 372 g/mol. The van der Waals surface area contributed by atoms with Gasteiger partial charge in [0.15, 0.2) is 0 Å². The number of nitrogens with one attached hydrogen (secondary N) is 1. The van der Waals surface area contributed by atoms with Crippen LogP contribution in [0.15, 0.2) is 59.5 Å². The van der Waals surface area contributed by atoms with E-state index in [0.717, 1.165) is 5.56 Å². The van der Waals surface area contributed by atoms with Gasteiger partial charge in [-0.2, -0.15) is 4.31 Å². The minimum Gasteiger partial charge on any atom is -0.321 e. The third-order valence-electron chi connectivity index (χ3n) is 3.77. The van der Waals surface area contributed by atoms with E-state index in [1.54, 1.807) is 19.9 Å². The molecule has 0 atom stereocenters. The molecule has 26 heavy (non-hydrogen) atoms. The van der Waals surface area contributed by atoms with Crippen molar-refractivity contribution < 1.29 is 13.2 Å². The summed E-state index contributed by atoms with van der Waals surface area (Å²) in [6, 6.07) is 13.7. The van der Waals surface area contributed by atoms with Crippen LogP contribution in [0.2, 0.25) is 5.02 Å². The molecule has 1 N–H and O–H groups in total. The zero-order valence-electron chi connectivity index (χ0n) is 14.6. The predicted molar refractivity (Wildman–Crippen MR) is 106 cm³/mol. The van der Waals surface area contributed by atoms with Crippen molar-refractivity contribution in [1.29, 1.82) is 0 Å². The number of hydrogen-bond donors (Lipinski definition) is 1. The first-order valence-electron chi connectivity index (χ1n) is 8.22. The van der Waals surface area contributed by atoms with Gasteiger partial charge in [0, 0.05) is 19.2 Å². The second kappa shape index (κ2) is 8.98. The van der Waals surface area contributed by atoms with Gasteiger partial charge < -0.3 is 5.32 Å². The summed E-state index contributed by atoms with van der Waals surface area (Å²) in [5, 5.41) is 2.90. The number of anilines is 1. The molecule has 0 spiro atoms. The summed E-state index contributed by atoms with van der Waals surface area (Å²) >= 11 is 6.11. The quantitative estimate of drug-likeness (QED) is 0.723. The van der Waals surface area contributed by atoms with E-state index in [1.165, 1.54) is 28.6 Å². The van der Waals surface area contributed by atoms with Gasteiger partial charge in [0.2, 0.25) is 15.9 Å². The van der Waals surface area contributed by atoms with Crippen LogP contribution < -0.4 is 5.32 Å². The highest BCUT2D eigenvalue weighted by atomic mass is 35.5. The average molecular weight is 393 g/mol. The fourth-order valence-electron chi connectivity index (χ4n) is 2.38. The minimum absolute atomic E-state index is 0.0907. The smallest absolute Gasteiger partial charge is 0.248 e. The lowest BCUT2D eigenvalue weighted by Crippen LogP contribution is -2.30. The summed E-state index contributed by atoms with van der Waals surface area (Å²) in [6.45, 7) is 4.27. The highest BCUT2D eigenvalue weighted by Crippen LogP contribution is 2.27. The molecule has 0 aliphatic heterocycles. The van der Waals surface area contributed by atoms with Crippen molar-refractivity contribution in [1.82, 2.24) is 4.31 Å². The second-order valence-electron chi connectivity index (χ2n) is 5.46. The first kappa shape index (κ1) is 20.2. The first-order valence-corrected chi connectivity index (χ1v) is 10.0. The van der Waals surface area contributed by atoms with E-state index in [1.807, 2.05) is 30.3 Å². The molecule has 2 aromatic carbocycles. The fourth-order valence-corrected chi connectivity index (χ4v) is 4.03. The molecule has 5 nitrogen and oxygen atoms in total. The third kappa shape index (κ3) is 4.94. The highest BCUT2D eigenvalue weighted by molar-refractivity contribution is 7.89. The molecule has 0 aliphatic rings. The first-order chi connectivity index (χ1) is 12.4. The van der Waals surface area contributed by atoms with Crippen LogP contribution in [-0.2, 0) is 14.8 Å². The predicted octanol–water partition coefficient (Wildman–Crippen LogP) is 4.02. The van der Waals surface area contributed by atoms with E-state index in [4.69, 9.17) is 11.6 Å². The van der Waals surface area contributed by atoms with Crippen LogP contribution in [0.25, 0.3) is 6.08 Å². The Morgan fingerprint density at radius 3 is 2.38 bits per heavy atom. The van der Waals surface area contributed by atoms with Crippen LogP contribution in [-0.4, -0.2) is 31.7 Å². The zero-order chi connectivity index (χ0) is 19.2. The number of benzene rings is 2. The Hall–Kier alpha value is -2.15. The maximum Gasteiger partial charge on any atom is 0.248 e. The molecule has 1 amide bonds. The molecule has 2 aromatic rings. The SMILES string of the molecule is CCN(CC)S(=O)(=O)c1ccc(Cl)c(NC(=O)C=Cc2ccccc2)c1. The van der Waals surface area contributed by atoms with Gasteiger partial charge in [0.1, 0.15) is 0 Å². The number of nitrogens with zero attached hydrogens (tertiary/aromatic N) is 1. The molecule has 0 aliphatic carbocycles. The minimum atomic E-state index is -3.63. The Morgan fingerprint density at radius 1 is 1.12 bits per heavy atom. The van der Waals surface area contributed by atoms with Gasteiger partial charge in [-0.25, -0.2) is 8.42 Å². The lowest BCUT2D eigenvalue weighted by atomic mass is 10.2. The number of hydrogen-bond acceptors (Lipinski definition) is 3. The van der Waals surface area contributed by atoms with Crippen LogP contribution >= 0.6 is 11.6 Å². The van der Waals surface area contributed by atoms with Crippen LogP contribution in [0.4, 0.5) is 5.69 Å². The zero-order valence-corrected chi connectivity index (χ0v) is 16.2. The monoisotopic (exact) mass is 392 g/mol. The maximum atomic E-state index is 12.6. The highest BCUT2D eigenvalue weighted by Gasteiger charge is 2.22. The van der Waals surface area contributed by atoms with Crippen LogP contribution in [0.1, 0.15) is 19.4 Å². The summed E-state index contributed by atoms with van der Waals surface area (Å²) in [6.07, 6.45) is 3.04. The largest absolute Gasteiger partial charge is 0.321 e. The summed E-state index contributed by atoms with van der Waals surface area (Å²) in [5.41, 5.74) is 1.13. The van der Waals surface area contributed by atoms with Gasteiger partial charge in [-0.3, -0.25) is 4.79 Å². The molecule has 0 heterocycles. The number of sulfonamides is 1. The number of rotatable bonds is 7. The Kier molecular flexibility index (Phi) is 6.97. The fraction of sp³-hybridized carbons (Fsp3) is 0.211. The number of halogens is 1. The lowest BCUT2D eigenvalue weighted by molar-refractivity contribution is -0.111. The number of carbonyl (C=O) groups excluding carboxylic acids is 1. The molecule has 0 unspecified atom stereocenters. The Labute approximate surface area is 159 Å². The van der Waals surface area contributed by atoms with Gasteiger partial charge in [0.05, 0.1) is 15.6 Å². The van der Waals surface area contributed by atoms with E-state index < -0.39 is 15.9 Å². The maximum absolute atomic E-state index is 12.6. The van der Waals surface area contributed by atoms with E-state index in [-0.39, 0.29) is 15.6 Å². The Bertz CT molecular complexity index is 892. The topological polar surface area (TPSA) is 66.5 Å². The van der Waals surface area contributed by atoms with Crippen molar-refractivity contribution in [2.75, 3.05) is 18.4 Å². The number of amides is 1. The molecule has 0 bridgehead atoms. The van der Waals surface area contributed by atoms with Crippen molar-refractivity contribution in [2.45, 2.75) is 18.7 Å². The number of carbonyl (C=O) groups is 1. The summed E-state index contributed by atoms with van der Waals surface area (Å²) in [4.78, 5) is 12.2. The van der Waals surface area contributed by atoms with Gasteiger partial charge >= 0.3 is 0 Å². The molecule has 138 valence electrons. The van der Waals surface area contributed by atoms with Crippen molar-refractivity contribution in [3.8, 4) is 0 Å². The average Bonchev–Trinajstić information content (AvgIpc) is 2.63. The standard InChI is InChI=1S/C19H21ClN2O3S/c1-3-22(4-2)26(24,25)16-11-12-17(20)18(14-16)21-19(23)13-10-15-8-6-5-7-9-15/h5-14H,3-4H2,1-2H3,(H,21,23). The van der Waals surface area contributed by atoms with E-state index in [9.17, 15) is 13.2 Å². The van der Waals surface area contributed by atoms with E-state index >= 15 is 0 Å². The second-order valence-corrected chi connectivity index (χ2v) is 7.81. The molecule has 0 radical (unpaired) electrons. The van der Waals surface area contributed by atoms with Crippen LogP contribution in [0.5, 0.6) is 0 Å². The summed E-state index contributed by atoms with van der Waals surface area (Å²) in [7, 11) is -3.63. The molecular formula is C19H21ClN2O3S. The molecule has 0 aromatic heterocycles. The summed E-state index contributed by atoms with van der Waals surface area (Å²) < 4.78 is 26.6. The van der Waals surface area contributed by atoms with Gasteiger partial charge in [-0.15, -0.1) is 0 Å². The molecule has 7 heteroatoms. The van der Waals surface area contributed by atoms with Crippen LogP contribution in [0.3, 0.4) is 0 Å². The summed E-state index contributed by atoms with van der Waals surface area (Å²) in [5.74, 6) is -0.395.